The minimum absolute atomic E-state index is 0.0736. The van der Waals surface area contributed by atoms with Crippen LogP contribution >= 0.6 is 0 Å². The number of aryl methyl sites for hydroxylation is 3. The molecule has 2 heterocycles. The van der Waals surface area contributed by atoms with Crippen molar-refractivity contribution in [3.05, 3.63) is 40.2 Å². The fraction of sp³-hybridized carbons (Fsp3) is 0.565. The first-order valence-electron chi connectivity index (χ1n) is 10.9. The van der Waals surface area contributed by atoms with Crippen LogP contribution in [0.2, 0.25) is 0 Å². The smallest absolute Gasteiger partial charge is 0.356 e. The topological polar surface area (TPSA) is 79.1 Å². The van der Waals surface area contributed by atoms with Gasteiger partial charge in [-0.25, -0.2) is 4.79 Å². The number of allylic oxidation sites excluding steroid dienone is 1. The molecule has 4 rings (SSSR count). The van der Waals surface area contributed by atoms with Crippen molar-refractivity contribution in [3.8, 4) is 0 Å². The van der Waals surface area contributed by atoms with Crippen molar-refractivity contribution in [2.24, 2.45) is 11.7 Å². The van der Waals surface area contributed by atoms with E-state index in [9.17, 15) is 9.59 Å². The number of ether oxygens (including phenoxy) is 1. The van der Waals surface area contributed by atoms with Gasteiger partial charge in [0.2, 0.25) is 5.91 Å². The van der Waals surface area contributed by atoms with Gasteiger partial charge in [0.05, 0.1) is 6.61 Å². The molecule has 1 saturated heterocycles. The van der Waals surface area contributed by atoms with Gasteiger partial charge in [0.1, 0.15) is 12.2 Å². The van der Waals surface area contributed by atoms with E-state index < -0.39 is 5.91 Å². The number of anilines is 1. The van der Waals surface area contributed by atoms with Gasteiger partial charge in [-0.05, 0) is 57.1 Å². The molecule has 1 amide bonds. The van der Waals surface area contributed by atoms with Crippen LogP contribution in [-0.4, -0.2) is 54.2 Å². The first-order chi connectivity index (χ1) is 14.3. The van der Waals surface area contributed by atoms with Crippen molar-refractivity contribution in [1.82, 2.24) is 9.80 Å². The van der Waals surface area contributed by atoms with Crippen molar-refractivity contribution in [2.45, 2.75) is 53.2 Å². The molecule has 7 nitrogen and oxygen atoms in total. The molecule has 0 radical (unpaired) electrons. The zero-order valence-electron chi connectivity index (χ0n) is 18.4. The van der Waals surface area contributed by atoms with E-state index >= 15 is 0 Å². The molecule has 1 atom stereocenters. The Morgan fingerprint density at radius 2 is 1.73 bits per heavy atom. The van der Waals surface area contributed by atoms with Crippen LogP contribution in [0.5, 0.6) is 0 Å². The Hall–Kier alpha value is -2.70. The lowest BCUT2D eigenvalue weighted by atomic mass is 10.0. The van der Waals surface area contributed by atoms with Crippen LogP contribution in [0.15, 0.2) is 23.5 Å². The molecular formula is C23H32N4O3. The fourth-order valence-corrected chi connectivity index (χ4v) is 4.97. The summed E-state index contributed by atoms with van der Waals surface area (Å²) >= 11 is 0. The van der Waals surface area contributed by atoms with Gasteiger partial charge in [0, 0.05) is 24.5 Å². The number of nitrogens with two attached hydrogens (primary N) is 1. The molecule has 1 aromatic rings. The van der Waals surface area contributed by atoms with Gasteiger partial charge in [-0.15, -0.1) is 0 Å². The quantitative estimate of drug-likeness (QED) is 0.693. The molecular weight excluding hydrogens is 380 g/mol. The lowest BCUT2D eigenvalue weighted by Gasteiger charge is -2.37. The number of hydrogen-bond acceptors (Lipinski definition) is 6. The summed E-state index contributed by atoms with van der Waals surface area (Å²) in [5.74, 6) is -0.181. The highest BCUT2D eigenvalue weighted by Crippen LogP contribution is 2.41. The first-order valence-corrected chi connectivity index (χ1v) is 10.9. The van der Waals surface area contributed by atoms with E-state index in [2.05, 4.69) is 42.7 Å². The molecule has 1 saturated carbocycles. The maximum Gasteiger partial charge on any atom is 0.356 e. The van der Waals surface area contributed by atoms with E-state index in [4.69, 9.17) is 10.5 Å². The molecule has 7 heteroatoms. The summed E-state index contributed by atoms with van der Waals surface area (Å²) < 4.78 is 5.65. The number of amides is 1. The zero-order chi connectivity index (χ0) is 21.6. The van der Waals surface area contributed by atoms with Crippen LogP contribution < -0.4 is 10.6 Å². The van der Waals surface area contributed by atoms with Gasteiger partial charge >= 0.3 is 5.97 Å². The fourth-order valence-electron chi connectivity index (χ4n) is 4.97. The lowest BCUT2D eigenvalue weighted by Crippen LogP contribution is -2.49. The number of primary amides is 1. The van der Waals surface area contributed by atoms with Gasteiger partial charge in [0.25, 0.3) is 0 Å². The minimum Gasteiger partial charge on any atom is -0.461 e. The number of carbonyl (C=O) groups excluding carboxylic acids is 2. The summed E-state index contributed by atoms with van der Waals surface area (Å²) in [6.07, 6.45) is 2.66. The summed E-state index contributed by atoms with van der Waals surface area (Å²) in [4.78, 5) is 31.4. The Kier molecular flexibility index (Phi) is 5.38. The number of nitrogens with zero attached hydrogens (tertiary/aromatic N) is 3. The maximum absolute atomic E-state index is 13.1. The Bertz CT molecular complexity index is 883. The van der Waals surface area contributed by atoms with Crippen molar-refractivity contribution in [3.63, 3.8) is 0 Å². The van der Waals surface area contributed by atoms with E-state index in [1.54, 1.807) is 0 Å². The minimum atomic E-state index is -0.405. The Morgan fingerprint density at radius 3 is 2.30 bits per heavy atom. The number of benzene rings is 1. The molecule has 2 aliphatic heterocycles. The predicted molar refractivity (Wildman–Crippen MR) is 115 cm³/mol. The summed E-state index contributed by atoms with van der Waals surface area (Å²) in [7, 11) is 0. The van der Waals surface area contributed by atoms with Crippen molar-refractivity contribution < 1.29 is 14.3 Å². The van der Waals surface area contributed by atoms with Crippen LogP contribution in [0.4, 0.5) is 5.69 Å². The van der Waals surface area contributed by atoms with E-state index in [0.29, 0.717) is 31.2 Å². The standard InChI is InChI=1S/C23H32N4O3/c1-5-18-21(22(29)30-13-17-6-7-17)26-9-8-25(23(26)27(18)12-19(24)28)20-15(3)10-14(2)11-16(20)4/h10-11,17,23H,5-9,12-13H2,1-4H3,(H2,24,28). The Morgan fingerprint density at radius 1 is 1.10 bits per heavy atom. The number of hydrogen-bond donors (Lipinski definition) is 1. The molecule has 1 aliphatic carbocycles. The van der Waals surface area contributed by atoms with Gasteiger partial charge in [-0.1, -0.05) is 24.6 Å². The normalized spacial score (nSPS) is 20.8. The van der Waals surface area contributed by atoms with E-state index in [0.717, 1.165) is 30.8 Å². The summed E-state index contributed by atoms with van der Waals surface area (Å²) in [5.41, 5.74) is 11.8. The monoisotopic (exact) mass is 412 g/mol. The summed E-state index contributed by atoms with van der Waals surface area (Å²) in [6, 6.07) is 4.36. The molecule has 30 heavy (non-hydrogen) atoms. The zero-order valence-corrected chi connectivity index (χ0v) is 18.4. The maximum atomic E-state index is 13.1. The summed E-state index contributed by atoms with van der Waals surface area (Å²) in [6.45, 7) is 10.4. The molecule has 3 aliphatic rings. The van der Waals surface area contributed by atoms with E-state index in [-0.39, 0.29) is 18.8 Å². The van der Waals surface area contributed by atoms with Crippen LogP contribution in [0.3, 0.4) is 0 Å². The highest BCUT2D eigenvalue weighted by molar-refractivity contribution is 5.90. The second kappa shape index (κ2) is 7.85. The summed E-state index contributed by atoms with van der Waals surface area (Å²) in [5, 5.41) is 0. The first kappa shape index (κ1) is 20.6. The van der Waals surface area contributed by atoms with Gasteiger partial charge in [0.15, 0.2) is 6.29 Å². The number of carbonyl (C=O) groups is 2. The van der Waals surface area contributed by atoms with Gasteiger partial charge < -0.3 is 25.2 Å². The second-order valence-corrected chi connectivity index (χ2v) is 8.77. The highest BCUT2D eigenvalue weighted by atomic mass is 16.5. The average Bonchev–Trinajstić information content (AvgIpc) is 3.33. The van der Waals surface area contributed by atoms with E-state index in [1.807, 2.05) is 11.8 Å². The average molecular weight is 413 g/mol. The highest BCUT2D eigenvalue weighted by Gasteiger charge is 2.48. The molecule has 0 bridgehead atoms. The van der Waals surface area contributed by atoms with Crippen LogP contribution in [-0.2, 0) is 14.3 Å². The molecule has 1 aromatic carbocycles. The molecule has 2 fully saturated rings. The van der Waals surface area contributed by atoms with Gasteiger partial charge in [-0.3, -0.25) is 4.79 Å². The number of rotatable bonds is 7. The number of esters is 1. The third-order valence-electron chi connectivity index (χ3n) is 6.25. The number of fused-ring (bicyclic) bond motifs is 1. The SMILES string of the molecule is CCC1=C(C(=O)OCC2CC2)N2CCN(c3c(C)cc(C)cc3C)C2N1CC(N)=O. The third kappa shape index (κ3) is 3.61. The third-order valence-corrected chi connectivity index (χ3v) is 6.25. The van der Waals surface area contributed by atoms with Crippen LogP contribution in [0.1, 0.15) is 42.9 Å². The largest absolute Gasteiger partial charge is 0.461 e. The molecule has 0 spiro atoms. The lowest BCUT2D eigenvalue weighted by molar-refractivity contribution is -0.141. The van der Waals surface area contributed by atoms with Crippen molar-refractivity contribution in [2.75, 3.05) is 31.1 Å². The second-order valence-electron chi connectivity index (χ2n) is 8.77. The predicted octanol–water partition coefficient (Wildman–Crippen LogP) is 2.39. The molecule has 0 aromatic heterocycles. The molecule has 2 N–H and O–H groups in total. The molecule has 162 valence electrons. The van der Waals surface area contributed by atoms with Crippen LogP contribution in [0.25, 0.3) is 0 Å². The van der Waals surface area contributed by atoms with Gasteiger partial charge in [-0.2, -0.15) is 0 Å². The Balaban J connectivity index is 1.71. The van der Waals surface area contributed by atoms with Crippen molar-refractivity contribution >= 4 is 17.6 Å². The molecule has 1 unspecified atom stereocenters. The Labute approximate surface area is 178 Å². The van der Waals surface area contributed by atoms with Crippen LogP contribution in [0, 0.1) is 26.7 Å². The van der Waals surface area contributed by atoms with E-state index in [1.165, 1.54) is 16.7 Å². The van der Waals surface area contributed by atoms with Crippen molar-refractivity contribution in [1.29, 1.82) is 0 Å².